The highest BCUT2D eigenvalue weighted by Gasteiger charge is 2.32. The molecule has 4 nitrogen and oxygen atoms in total. The molecule has 21 heavy (non-hydrogen) atoms. The molecule has 0 aliphatic carbocycles. The molecule has 0 radical (unpaired) electrons. The predicted octanol–water partition coefficient (Wildman–Crippen LogP) is 3.24. The van der Waals surface area contributed by atoms with Crippen molar-refractivity contribution in [3.05, 3.63) is 4.88 Å². The Kier molecular flexibility index (Phi) is 4.90. The van der Waals surface area contributed by atoms with Crippen LogP contribution in [0.3, 0.4) is 0 Å². The lowest BCUT2D eigenvalue weighted by molar-refractivity contribution is 0.0450. The van der Waals surface area contributed by atoms with Gasteiger partial charge in [0.2, 0.25) is 0 Å². The molecule has 2 heterocycles. The Bertz CT molecular complexity index is 538. The van der Waals surface area contributed by atoms with Crippen molar-refractivity contribution in [3.63, 3.8) is 0 Å². The summed E-state index contributed by atoms with van der Waals surface area (Å²) in [6, 6.07) is 0. The van der Waals surface area contributed by atoms with Crippen LogP contribution in [0, 0.1) is 5.92 Å². The molecule has 2 rings (SSSR count). The number of Topliss-reactive ketones (excluding diaryl/α,β-unsaturated/α-hetero) is 1. The van der Waals surface area contributed by atoms with Gasteiger partial charge < -0.3 is 15.7 Å². The first-order valence-electron chi connectivity index (χ1n) is 7.24. The third-order valence-corrected chi connectivity index (χ3v) is 6.03. The molecule has 118 valence electrons. The number of carbonyl (C=O) groups is 1. The summed E-state index contributed by atoms with van der Waals surface area (Å²) in [6.45, 7) is 7.15. The van der Waals surface area contributed by atoms with E-state index in [0.29, 0.717) is 17.1 Å². The minimum absolute atomic E-state index is 0.0574. The summed E-state index contributed by atoms with van der Waals surface area (Å²) in [5, 5.41) is 11.3. The molecule has 1 aromatic rings. The molecule has 3 N–H and O–H groups in total. The van der Waals surface area contributed by atoms with Crippen molar-refractivity contribution in [1.82, 2.24) is 0 Å². The molecule has 0 saturated carbocycles. The summed E-state index contributed by atoms with van der Waals surface area (Å²) in [5.41, 5.74) is 6.14. The molecule has 1 aromatic heterocycles. The van der Waals surface area contributed by atoms with E-state index < -0.39 is 5.60 Å². The minimum atomic E-state index is -0.672. The maximum Gasteiger partial charge on any atom is 0.177 e. The topological polar surface area (TPSA) is 66.6 Å². The van der Waals surface area contributed by atoms with Crippen LogP contribution in [0.25, 0.3) is 0 Å². The molecule has 0 spiro atoms. The summed E-state index contributed by atoms with van der Waals surface area (Å²) >= 11 is 3.05. The highest BCUT2D eigenvalue weighted by atomic mass is 32.2. The number of hydrogen-bond donors (Lipinski definition) is 2. The number of β-amino-alcohol motifs (C(OH)–C–C–N with tert-alkyl or cyclic N) is 1. The van der Waals surface area contributed by atoms with E-state index in [1.54, 1.807) is 11.8 Å². The second kappa shape index (κ2) is 6.18. The fourth-order valence-electron chi connectivity index (χ4n) is 2.66. The molecule has 0 bridgehead atoms. The number of thioether (sulfide) groups is 1. The Morgan fingerprint density at radius 1 is 1.52 bits per heavy atom. The summed E-state index contributed by atoms with van der Waals surface area (Å²) in [5.74, 6) is 0.0424. The van der Waals surface area contributed by atoms with Gasteiger partial charge in [0.15, 0.2) is 5.78 Å². The van der Waals surface area contributed by atoms with Gasteiger partial charge in [-0.1, -0.05) is 13.8 Å². The maximum atomic E-state index is 12.3. The maximum absolute atomic E-state index is 12.3. The summed E-state index contributed by atoms with van der Waals surface area (Å²) < 4.78 is 0. The van der Waals surface area contributed by atoms with Crippen molar-refractivity contribution in [1.29, 1.82) is 0 Å². The standard InChI is InChI=1S/C15H24N2O2S2/c1-9(2)11(18)12-10(16)13(20-4)14(21-12)17-7-5-6-15(3,19)8-17/h9,19H,5-8,16H2,1-4H3. The van der Waals surface area contributed by atoms with E-state index in [2.05, 4.69) is 4.90 Å². The van der Waals surface area contributed by atoms with Crippen LogP contribution < -0.4 is 10.6 Å². The van der Waals surface area contributed by atoms with Crippen LogP contribution in [0.1, 0.15) is 43.3 Å². The molecule has 1 unspecified atom stereocenters. The van der Waals surface area contributed by atoms with Gasteiger partial charge in [-0.25, -0.2) is 0 Å². The number of aliphatic hydroxyl groups is 1. The van der Waals surface area contributed by atoms with E-state index in [1.165, 1.54) is 11.3 Å². The molecular weight excluding hydrogens is 304 g/mol. The number of nitrogen functional groups attached to an aromatic ring is 1. The van der Waals surface area contributed by atoms with Crippen molar-refractivity contribution in [2.24, 2.45) is 5.92 Å². The van der Waals surface area contributed by atoms with Crippen LogP contribution in [0.5, 0.6) is 0 Å². The lowest BCUT2D eigenvalue weighted by atomic mass is 9.95. The molecule has 0 amide bonds. The van der Waals surface area contributed by atoms with Crippen LogP contribution in [0.2, 0.25) is 0 Å². The van der Waals surface area contributed by atoms with Crippen molar-refractivity contribution in [2.75, 3.05) is 30.0 Å². The Labute approximate surface area is 134 Å². The smallest absolute Gasteiger partial charge is 0.177 e. The average Bonchev–Trinajstić information content (AvgIpc) is 2.73. The van der Waals surface area contributed by atoms with E-state index in [1.807, 2.05) is 27.0 Å². The van der Waals surface area contributed by atoms with E-state index in [9.17, 15) is 9.90 Å². The van der Waals surface area contributed by atoms with Gasteiger partial charge in [-0.15, -0.1) is 23.1 Å². The van der Waals surface area contributed by atoms with Gasteiger partial charge in [-0.2, -0.15) is 0 Å². The van der Waals surface area contributed by atoms with Crippen molar-refractivity contribution < 1.29 is 9.90 Å². The van der Waals surface area contributed by atoms with Gasteiger partial charge in [0.1, 0.15) is 5.00 Å². The van der Waals surface area contributed by atoms with Gasteiger partial charge in [0.05, 0.1) is 21.1 Å². The van der Waals surface area contributed by atoms with E-state index in [-0.39, 0.29) is 11.7 Å². The number of hydrogen-bond acceptors (Lipinski definition) is 6. The van der Waals surface area contributed by atoms with Gasteiger partial charge in [-0.3, -0.25) is 4.79 Å². The molecule has 0 aromatic carbocycles. The van der Waals surface area contributed by atoms with Gasteiger partial charge >= 0.3 is 0 Å². The van der Waals surface area contributed by atoms with Gasteiger partial charge in [0.25, 0.3) is 0 Å². The number of piperidine rings is 1. The van der Waals surface area contributed by atoms with Crippen molar-refractivity contribution >= 4 is 39.6 Å². The van der Waals surface area contributed by atoms with E-state index in [0.717, 1.165) is 29.3 Å². The lowest BCUT2D eigenvalue weighted by Crippen LogP contribution is -2.46. The quantitative estimate of drug-likeness (QED) is 0.656. The summed E-state index contributed by atoms with van der Waals surface area (Å²) in [7, 11) is 0. The zero-order valence-electron chi connectivity index (χ0n) is 13.1. The first-order chi connectivity index (χ1) is 9.76. The van der Waals surface area contributed by atoms with Gasteiger partial charge in [-0.05, 0) is 26.0 Å². The zero-order valence-corrected chi connectivity index (χ0v) is 14.7. The van der Waals surface area contributed by atoms with Crippen molar-refractivity contribution in [2.45, 2.75) is 44.1 Å². The highest BCUT2D eigenvalue weighted by Crippen LogP contribution is 2.45. The van der Waals surface area contributed by atoms with Crippen LogP contribution >= 0.6 is 23.1 Å². The lowest BCUT2D eigenvalue weighted by Gasteiger charge is -2.37. The number of nitrogens with zero attached hydrogens (tertiary/aromatic N) is 1. The predicted molar refractivity (Wildman–Crippen MR) is 91.8 cm³/mol. The fraction of sp³-hybridized carbons (Fsp3) is 0.667. The fourth-order valence-corrected chi connectivity index (χ4v) is 4.95. The Morgan fingerprint density at radius 3 is 2.71 bits per heavy atom. The largest absolute Gasteiger partial charge is 0.396 e. The highest BCUT2D eigenvalue weighted by molar-refractivity contribution is 7.99. The summed E-state index contributed by atoms with van der Waals surface area (Å²) in [6.07, 6.45) is 3.75. The Balaban J connectivity index is 2.39. The first kappa shape index (κ1) is 16.6. The number of ketones is 1. The van der Waals surface area contributed by atoms with Gasteiger partial charge in [0, 0.05) is 19.0 Å². The summed E-state index contributed by atoms with van der Waals surface area (Å²) in [4.78, 5) is 16.1. The average molecular weight is 329 g/mol. The number of nitrogens with two attached hydrogens (primary N) is 1. The molecule has 1 fully saturated rings. The Hall–Kier alpha value is -0.720. The van der Waals surface area contributed by atoms with Crippen molar-refractivity contribution in [3.8, 4) is 0 Å². The third kappa shape index (κ3) is 3.38. The van der Waals surface area contributed by atoms with Crippen LogP contribution in [0.15, 0.2) is 4.90 Å². The molecule has 1 saturated heterocycles. The zero-order chi connectivity index (χ0) is 15.8. The van der Waals surface area contributed by atoms with Crippen LogP contribution in [0.4, 0.5) is 10.7 Å². The van der Waals surface area contributed by atoms with Crippen LogP contribution in [-0.4, -0.2) is 35.8 Å². The number of carbonyl (C=O) groups excluding carboxylic acids is 1. The van der Waals surface area contributed by atoms with E-state index >= 15 is 0 Å². The molecule has 1 atom stereocenters. The van der Waals surface area contributed by atoms with E-state index in [4.69, 9.17) is 5.73 Å². The minimum Gasteiger partial charge on any atom is -0.396 e. The molecular formula is C15H24N2O2S2. The monoisotopic (exact) mass is 328 g/mol. The SMILES string of the molecule is CSc1c(N2CCCC(C)(O)C2)sc(C(=O)C(C)C)c1N. The number of anilines is 2. The Morgan fingerprint density at radius 2 is 2.19 bits per heavy atom. The number of thiophene rings is 1. The molecule has 1 aliphatic heterocycles. The van der Waals surface area contributed by atoms with Crippen LogP contribution in [-0.2, 0) is 0 Å². The molecule has 6 heteroatoms. The third-order valence-electron chi connectivity index (χ3n) is 3.80. The molecule has 1 aliphatic rings. The first-order valence-corrected chi connectivity index (χ1v) is 9.28. The number of rotatable bonds is 4. The second-order valence-electron chi connectivity index (χ2n) is 6.22. The normalized spacial score (nSPS) is 22.9. The second-order valence-corrected chi connectivity index (χ2v) is 8.04.